The van der Waals surface area contributed by atoms with Gasteiger partial charge in [-0.05, 0) is 56.8 Å². The van der Waals surface area contributed by atoms with E-state index in [2.05, 4.69) is 63.6 Å². The van der Waals surface area contributed by atoms with Crippen molar-refractivity contribution in [1.82, 2.24) is 25.1 Å². The van der Waals surface area contributed by atoms with Gasteiger partial charge in [0.2, 0.25) is 0 Å². The van der Waals surface area contributed by atoms with Crippen molar-refractivity contribution in [2.45, 2.75) is 58.2 Å². The van der Waals surface area contributed by atoms with E-state index in [1.54, 1.807) is 25.6 Å². The Morgan fingerprint density at radius 3 is 2.86 bits per heavy atom. The van der Waals surface area contributed by atoms with Gasteiger partial charge in [-0.2, -0.15) is 0 Å². The highest BCUT2D eigenvalue weighted by molar-refractivity contribution is 7.09. The number of aromatic amines is 1. The van der Waals surface area contributed by atoms with Crippen molar-refractivity contribution < 1.29 is 14.3 Å². The summed E-state index contributed by atoms with van der Waals surface area (Å²) in [5.41, 5.74) is 4.02. The Balaban J connectivity index is 1.22. The Morgan fingerprint density at radius 1 is 1.14 bits per heavy atom. The summed E-state index contributed by atoms with van der Waals surface area (Å²) >= 11 is 1.54. The summed E-state index contributed by atoms with van der Waals surface area (Å²) in [7, 11) is 3.35. The minimum absolute atomic E-state index is 0.0913. The number of methoxy groups -OCH3 is 2. The van der Waals surface area contributed by atoms with Crippen molar-refractivity contribution in [3.05, 3.63) is 75.9 Å². The average molecular weight is 590 g/mol. The molecule has 3 heterocycles. The number of fused-ring (bicyclic) bond motifs is 1. The lowest BCUT2D eigenvalue weighted by Gasteiger charge is -2.33. The van der Waals surface area contributed by atoms with E-state index in [0.717, 1.165) is 53.5 Å². The molecular weight excluding hydrogens is 546 g/mol. The number of nitrogens with zero attached hydrogens (tertiary/aromatic N) is 3. The smallest absolute Gasteiger partial charge is 0.270 e. The van der Waals surface area contributed by atoms with Crippen molar-refractivity contribution in [3.8, 4) is 11.5 Å². The number of hydrogen-bond acceptors (Lipinski definition) is 7. The van der Waals surface area contributed by atoms with E-state index in [9.17, 15) is 4.79 Å². The topological polar surface area (TPSA) is 82.7 Å². The molecule has 1 fully saturated rings. The van der Waals surface area contributed by atoms with Crippen LogP contribution in [0.25, 0.3) is 10.9 Å². The van der Waals surface area contributed by atoms with Crippen LogP contribution < -0.4 is 14.8 Å². The number of carbonyl (C=O) groups excluding carboxylic acids is 1. The first-order chi connectivity index (χ1) is 20.5. The van der Waals surface area contributed by atoms with Gasteiger partial charge in [-0.1, -0.05) is 30.7 Å². The number of nitrogens with one attached hydrogen (secondary N) is 2. The molecular formula is C33H43N5O3S. The maximum atomic E-state index is 12.9. The van der Waals surface area contributed by atoms with Crippen LogP contribution in [0.3, 0.4) is 0 Å². The molecule has 1 atom stereocenters. The molecule has 224 valence electrons. The zero-order chi connectivity index (χ0) is 29.3. The number of thiazole rings is 1. The van der Waals surface area contributed by atoms with Gasteiger partial charge in [-0.25, -0.2) is 4.98 Å². The Labute approximate surface area is 253 Å². The molecule has 1 unspecified atom stereocenters. The average Bonchev–Trinajstić information content (AvgIpc) is 3.66. The van der Waals surface area contributed by atoms with Crippen LogP contribution in [0.1, 0.15) is 59.2 Å². The minimum atomic E-state index is -0.0913. The molecule has 9 heteroatoms. The molecule has 2 N–H and O–H groups in total. The molecule has 5 rings (SSSR count). The van der Waals surface area contributed by atoms with Crippen LogP contribution in [0.2, 0.25) is 0 Å². The summed E-state index contributed by atoms with van der Waals surface area (Å²) < 4.78 is 11.1. The van der Waals surface area contributed by atoms with Crippen molar-refractivity contribution in [1.29, 1.82) is 0 Å². The fraction of sp³-hybridized carbons (Fsp3) is 0.455. The monoisotopic (exact) mass is 589 g/mol. The van der Waals surface area contributed by atoms with Gasteiger partial charge in [0.05, 0.1) is 20.8 Å². The molecule has 0 saturated carbocycles. The van der Waals surface area contributed by atoms with E-state index in [1.165, 1.54) is 36.8 Å². The van der Waals surface area contributed by atoms with Crippen LogP contribution in [0.15, 0.2) is 54.0 Å². The summed E-state index contributed by atoms with van der Waals surface area (Å²) in [4.78, 5) is 25.9. The van der Waals surface area contributed by atoms with Crippen LogP contribution >= 0.6 is 11.3 Å². The number of para-hydroxylation sites is 1. The molecule has 42 heavy (non-hydrogen) atoms. The van der Waals surface area contributed by atoms with E-state index < -0.39 is 0 Å². The third kappa shape index (κ3) is 7.70. The highest BCUT2D eigenvalue weighted by Gasteiger charge is 2.19. The SMILES string of the molecule is COc1ccc(CN(CCc2c[nH]c3ccccc23)Cc2nc(C(=O)NCCCN3CCCCC3C)cs2)c(OC)c1. The number of hydrogen-bond donors (Lipinski definition) is 2. The van der Waals surface area contributed by atoms with Crippen molar-refractivity contribution in [2.24, 2.45) is 0 Å². The molecule has 4 aromatic rings. The van der Waals surface area contributed by atoms with Gasteiger partial charge in [0.25, 0.3) is 5.91 Å². The van der Waals surface area contributed by atoms with Crippen LogP contribution in [-0.2, 0) is 19.5 Å². The molecule has 1 aliphatic heterocycles. The second-order valence-corrected chi connectivity index (χ2v) is 12.1. The lowest BCUT2D eigenvalue weighted by molar-refractivity contribution is 0.0944. The number of amides is 1. The zero-order valence-electron chi connectivity index (χ0n) is 25.0. The van der Waals surface area contributed by atoms with Crippen molar-refractivity contribution in [2.75, 3.05) is 40.4 Å². The Kier molecular flexibility index (Phi) is 10.5. The summed E-state index contributed by atoms with van der Waals surface area (Å²) in [5.74, 6) is 1.47. The molecule has 1 saturated heterocycles. The number of benzene rings is 2. The fourth-order valence-corrected chi connectivity index (χ4v) is 6.61. The van der Waals surface area contributed by atoms with Crippen LogP contribution in [-0.4, -0.2) is 72.1 Å². The third-order valence-electron chi connectivity index (χ3n) is 8.25. The second kappa shape index (κ2) is 14.7. The minimum Gasteiger partial charge on any atom is -0.497 e. The lowest BCUT2D eigenvalue weighted by atomic mass is 10.0. The first-order valence-corrected chi connectivity index (χ1v) is 15.9. The van der Waals surface area contributed by atoms with Crippen molar-refractivity contribution in [3.63, 3.8) is 0 Å². The summed E-state index contributed by atoms with van der Waals surface area (Å²) in [6.45, 7) is 7.33. The normalized spacial score (nSPS) is 15.8. The van der Waals surface area contributed by atoms with Gasteiger partial charge in [-0.15, -0.1) is 11.3 Å². The van der Waals surface area contributed by atoms with Gasteiger partial charge in [0.15, 0.2) is 0 Å². The standard InChI is InChI=1S/C33H43N5O3S/c1-24-9-6-7-16-38(24)17-8-15-34-33(39)30-23-42-32(36-30)22-37(21-26-12-13-27(40-2)19-31(26)41-3)18-14-25-20-35-29-11-5-4-10-28(25)29/h4-5,10-13,19-20,23-24,35H,6-9,14-18,21-22H2,1-3H3,(H,34,39). The summed E-state index contributed by atoms with van der Waals surface area (Å²) in [6, 6.07) is 15.0. The van der Waals surface area contributed by atoms with Crippen LogP contribution in [0, 0.1) is 0 Å². The maximum absolute atomic E-state index is 12.9. The van der Waals surface area contributed by atoms with Gasteiger partial charge >= 0.3 is 0 Å². The fourth-order valence-electron chi connectivity index (χ4n) is 5.80. The first-order valence-electron chi connectivity index (χ1n) is 15.0. The molecule has 1 amide bonds. The quantitative estimate of drug-likeness (QED) is 0.179. The maximum Gasteiger partial charge on any atom is 0.270 e. The third-order valence-corrected chi connectivity index (χ3v) is 9.09. The van der Waals surface area contributed by atoms with Gasteiger partial charge in [-0.3, -0.25) is 9.69 Å². The van der Waals surface area contributed by atoms with Gasteiger partial charge in [0.1, 0.15) is 22.2 Å². The lowest BCUT2D eigenvalue weighted by Crippen LogP contribution is -2.39. The highest BCUT2D eigenvalue weighted by Crippen LogP contribution is 2.27. The molecule has 2 aromatic heterocycles. The van der Waals surface area contributed by atoms with Crippen LogP contribution in [0.4, 0.5) is 0 Å². The number of piperidine rings is 1. The number of ether oxygens (including phenoxy) is 2. The molecule has 2 aromatic carbocycles. The van der Waals surface area contributed by atoms with E-state index in [1.807, 2.05) is 17.5 Å². The molecule has 8 nitrogen and oxygen atoms in total. The first kappa shape index (κ1) is 30.1. The van der Waals surface area contributed by atoms with Gasteiger partial charge < -0.3 is 24.7 Å². The highest BCUT2D eigenvalue weighted by atomic mass is 32.1. The summed E-state index contributed by atoms with van der Waals surface area (Å²) in [6.07, 6.45) is 7.83. The van der Waals surface area contributed by atoms with Crippen molar-refractivity contribution >= 4 is 28.1 Å². The molecule has 1 aliphatic rings. The predicted octanol–water partition coefficient (Wildman–Crippen LogP) is 5.88. The molecule has 0 aliphatic carbocycles. The number of likely N-dealkylation sites (tertiary alicyclic amines) is 1. The number of H-pyrrole nitrogens is 1. The Morgan fingerprint density at radius 2 is 2.02 bits per heavy atom. The van der Waals surface area contributed by atoms with Crippen LogP contribution in [0.5, 0.6) is 11.5 Å². The van der Waals surface area contributed by atoms with E-state index >= 15 is 0 Å². The zero-order valence-corrected chi connectivity index (χ0v) is 25.8. The molecule has 0 bridgehead atoms. The second-order valence-electron chi connectivity index (χ2n) is 11.1. The molecule has 0 spiro atoms. The van der Waals surface area contributed by atoms with E-state index in [4.69, 9.17) is 14.5 Å². The number of aromatic nitrogens is 2. The number of carbonyl (C=O) groups is 1. The largest absolute Gasteiger partial charge is 0.497 e. The van der Waals surface area contributed by atoms with E-state index in [-0.39, 0.29) is 5.91 Å². The summed E-state index contributed by atoms with van der Waals surface area (Å²) in [5, 5.41) is 7.13. The predicted molar refractivity (Wildman–Crippen MR) is 170 cm³/mol. The number of rotatable bonds is 14. The Bertz CT molecular complexity index is 1450. The van der Waals surface area contributed by atoms with Gasteiger partial charge in [0, 0.05) is 66.3 Å². The molecule has 0 radical (unpaired) electrons. The van der Waals surface area contributed by atoms with E-state index in [0.29, 0.717) is 31.4 Å². The Hall–Kier alpha value is -3.40.